The molecule has 0 aromatic heterocycles. The van der Waals surface area contributed by atoms with Crippen LogP contribution in [0.15, 0.2) is 48.5 Å². The van der Waals surface area contributed by atoms with E-state index in [1.165, 1.54) is 14.2 Å². The molecule has 0 aliphatic carbocycles. The smallest absolute Gasteiger partial charge is 0.338 e. The van der Waals surface area contributed by atoms with E-state index in [1.54, 1.807) is 26.4 Å². The summed E-state index contributed by atoms with van der Waals surface area (Å²) in [5.74, 6) is 0.0664. The van der Waals surface area contributed by atoms with Gasteiger partial charge in [-0.15, -0.1) is 0 Å². The zero-order chi connectivity index (χ0) is 28.4. The van der Waals surface area contributed by atoms with E-state index < -0.39 is 11.9 Å². The van der Waals surface area contributed by atoms with Crippen LogP contribution in [-0.4, -0.2) is 40.4 Å². The van der Waals surface area contributed by atoms with Gasteiger partial charge in [-0.2, -0.15) is 0 Å². The highest BCUT2D eigenvalue weighted by molar-refractivity contribution is 6.06. The molecular formula is C32H38O6. The van der Waals surface area contributed by atoms with E-state index in [0.717, 1.165) is 11.1 Å². The third-order valence-corrected chi connectivity index (χ3v) is 6.68. The van der Waals surface area contributed by atoms with E-state index in [2.05, 4.69) is 41.5 Å². The molecule has 0 amide bonds. The normalized spacial score (nSPS) is 11.6. The van der Waals surface area contributed by atoms with Crippen molar-refractivity contribution in [3.63, 3.8) is 0 Å². The van der Waals surface area contributed by atoms with Crippen LogP contribution in [0.4, 0.5) is 0 Å². The Labute approximate surface area is 225 Å². The number of benzene rings is 3. The van der Waals surface area contributed by atoms with Crippen LogP contribution in [0.1, 0.15) is 73.4 Å². The van der Waals surface area contributed by atoms with E-state index in [4.69, 9.17) is 18.9 Å². The second kappa shape index (κ2) is 10.9. The lowest BCUT2D eigenvalue weighted by Crippen LogP contribution is -2.13. The predicted molar refractivity (Wildman–Crippen MR) is 150 cm³/mol. The summed E-state index contributed by atoms with van der Waals surface area (Å²) in [5.41, 5.74) is 4.74. The Morgan fingerprint density at radius 2 is 0.868 bits per heavy atom. The number of rotatable bonds is 6. The summed E-state index contributed by atoms with van der Waals surface area (Å²) in [6.45, 7) is 12.7. The van der Waals surface area contributed by atoms with Gasteiger partial charge in [0.05, 0.1) is 39.6 Å². The highest BCUT2D eigenvalue weighted by atomic mass is 16.5. The molecule has 0 unspecified atom stereocenters. The van der Waals surface area contributed by atoms with Gasteiger partial charge in [0.25, 0.3) is 0 Å². The zero-order valence-corrected chi connectivity index (χ0v) is 24.1. The van der Waals surface area contributed by atoms with Gasteiger partial charge in [-0.25, -0.2) is 9.59 Å². The second-order valence-corrected chi connectivity index (χ2v) is 11.3. The molecule has 0 fully saturated rings. The fraction of sp³-hybridized carbons (Fsp3) is 0.375. The van der Waals surface area contributed by atoms with Crippen molar-refractivity contribution in [3.8, 4) is 33.8 Å². The minimum atomic E-state index is -0.535. The summed E-state index contributed by atoms with van der Waals surface area (Å²) in [6.07, 6.45) is 0. The van der Waals surface area contributed by atoms with E-state index in [0.29, 0.717) is 44.9 Å². The van der Waals surface area contributed by atoms with E-state index >= 15 is 0 Å². The summed E-state index contributed by atoms with van der Waals surface area (Å²) >= 11 is 0. The highest BCUT2D eigenvalue weighted by Gasteiger charge is 2.27. The molecule has 0 spiro atoms. The van der Waals surface area contributed by atoms with Gasteiger partial charge in [0.2, 0.25) is 0 Å². The van der Waals surface area contributed by atoms with Crippen molar-refractivity contribution in [2.24, 2.45) is 0 Å². The van der Waals surface area contributed by atoms with Crippen molar-refractivity contribution in [2.75, 3.05) is 28.4 Å². The molecule has 0 aliphatic heterocycles. The number of carbonyl (C=O) groups excluding carboxylic acids is 2. The molecule has 6 nitrogen and oxygen atoms in total. The first kappa shape index (κ1) is 28.8. The van der Waals surface area contributed by atoms with Crippen molar-refractivity contribution < 1.29 is 28.5 Å². The van der Waals surface area contributed by atoms with Crippen molar-refractivity contribution in [1.29, 1.82) is 0 Å². The average molecular weight is 519 g/mol. The van der Waals surface area contributed by atoms with Crippen LogP contribution >= 0.6 is 0 Å². The first-order valence-electron chi connectivity index (χ1n) is 12.5. The maximum absolute atomic E-state index is 13.2. The Hall–Kier alpha value is -3.80. The van der Waals surface area contributed by atoms with E-state index in [1.807, 2.05) is 36.4 Å². The van der Waals surface area contributed by atoms with Gasteiger partial charge in [-0.05, 0) is 58.4 Å². The molecule has 0 heterocycles. The van der Waals surface area contributed by atoms with Crippen LogP contribution in [0.25, 0.3) is 22.3 Å². The van der Waals surface area contributed by atoms with Crippen molar-refractivity contribution >= 4 is 11.9 Å². The Morgan fingerprint density at radius 1 is 0.526 bits per heavy atom. The second-order valence-electron chi connectivity index (χ2n) is 11.3. The summed E-state index contributed by atoms with van der Waals surface area (Å²) in [5, 5.41) is 0. The molecule has 0 bridgehead atoms. The SMILES string of the molecule is COC(=O)c1cc(-c2cc(C(C)(C)C)ccc2OC)c(C(=O)OC)cc1-c1cc(C(C)(C)C)ccc1OC. The molecule has 6 heteroatoms. The van der Waals surface area contributed by atoms with Crippen molar-refractivity contribution in [3.05, 3.63) is 70.8 Å². The first-order chi connectivity index (χ1) is 17.8. The van der Waals surface area contributed by atoms with Gasteiger partial charge in [0, 0.05) is 22.3 Å². The van der Waals surface area contributed by atoms with Crippen molar-refractivity contribution in [1.82, 2.24) is 0 Å². The third kappa shape index (κ3) is 5.69. The molecular weight excluding hydrogens is 480 g/mol. The average Bonchev–Trinajstić information content (AvgIpc) is 2.89. The largest absolute Gasteiger partial charge is 0.496 e. The minimum Gasteiger partial charge on any atom is -0.496 e. The molecule has 3 aromatic rings. The van der Waals surface area contributed by atoms with Crippen LogP contribution in [0, 0.1) is 0 Å². The monoisotopic (exact) mass is 518 g/mol. The molecule has 3 aromatic carbocycles. The molecule has 0 atom stereocenters. The zero-order valence-electron chi connectivity index (χ0n) is 24.1. The van der Waals surface area contributed by atoms with Crippen LogP contribution in [-0.2, 0) is 20.3 Å². The van der Waals surface area contributed by atoms with E-state index in [9.17, 15) is 9.59 Å². The van der Waals surface area contributed by atoms with Crippen LogP contribution in [0.2, 0.25) is 0 Å². The van der Waals surface area contributed by atoms with Crippen LogP contribution in [0.5, 0.6) is 11.5 Å². The van der Waals surface area contributed by atoms with Gasteiger partial charge in [0.15, 0.2) is 0 Å². The summed E-state index contributed by atoms with van der Waals surface area (Å²) in [7, 11) is 5.82. The first-order valence-corrected chi connectivity index (χ1v) is 12.5. The standard InChI is InChI=1S/C32H38O6/c1-31(2,3)19-11-13-27(35-7)23(15-19)21-17-26(30(34)38-10)22(18-25(21)29(33)37-9)24-16-20(32(4,5)6)12-14-28(24)36-8/h11-18H,1-10H3. The number of esters is 2. The molecule has 38 heavy (non-hydrogen) atoms. The summed E-state index contributed by atoms with van der Waals surface area (Å²) in [4.78, 5) is 26.4. The fourth-order valence-corrected chi connectivity index (χ4v) is 4.37. The number of ether oxygens (including phenoxy) is 4. The molecule has 0 N–H and O–H groups in total. The van der Waals surface area contributed by atoms with Gasteiger partial charge in [-0.3, -0.25) is 0 Å². The Kier molecular flexibility index (Phi) is 8.25. The topological polar surface area (TPSA) is 71.1 Å². The van der Waals surface area contributed by atoms with Gasteiger partial charge < -0.3 is 18.9 Å². The Morgan fingerprint density at radius 3 is 1.13 bits per heavy atom. The Balaban J connectivity index is 2.48. The van der Waals surface area contributed by atoms with Gasteiger partial charge in [0.1, 0.15) is 11.5 Å². The lowest BCUT2D eigenvalue weighted by Gasteiger charge is -2.24. The maximum Gasteiger partial charge on any atom is 0.338 e. The molecule has 0 aliphatic rings. The Bertz CT molecular complexity index is 1250. The van der Waals surface area contributed by atoms with Gasteiger partial charge in [-0.1, -0.05) is 53.7 Å². The third-order valence-electron chi connectivity index (χ3n) is 6.68. The number of hydrogen-bond donors (Lipinski definition) is 0. The molecule has 0 radical (unpaired) electrons. The maximum atomic E-state index is 13.2. The fourth-order valence-electron chi connectivity index (χ4n) is 4.37. The van der Waals surface area contributed by atoms with Crippen LogP contribution in [0.3, 0.4) is 0 Å². The number of hydrogen-bond acceptors (Lipinski definition) is 6. The lowest BCUT2D eigenvalue weighted by atomic mass is 9.82. The summed E-state index contributed by atoms with van der Waals surface area (Å²) in [6, 6.07) is 15.1. The van der Waals surface area contributed by atoms with Crippen molar-refractivity contribution in [2.45, 2.75) is 52.4 Å². The highest BCUT2D eigenvalue weighted by Crippen LogP contribution is 2.42. The van der Waals surface area contributed by atoms with Gasteiger partial charge >= 0.3 is 11.9 Å². The van der Waals surface area contributed by atoms with Crippen LogP contribution < -0.4 is 9.47 Å². The molecule has 3 rings (SSSR count). The predicted octanol–water partition coefficient (Wildman–Crippen LogP) is 7.21. The number of methoxy groups -OCH3 is 4. The minimum absolute atomic E-state index is 0.154. The molecule has 0 saturated heterocycles. The summed E-state index contributed by atoms with van der Waals surface area (Å²) < 4.78 is 21.7. The quantitative estimate of drug-likeness (QED) is 0.321. The molecule has 0 saturated carbocycles. The molecule has 202 valence electrons. The van der Waals surface area contributed by atoms with E-state index in [-0.39, 0.29) is 10.8 Å². The lowest BCUT2D eigenvalue weighted by molar-refractivity contribution is 0.0588. The number of carbonyl (C=O) groups is 2.